The summed E-state index contributed by atoms with van der Waals surface area (Å²) < 4.78 is 0. The van der Waals surface area contributed by atoms with Crippen molar-refractivity contribution < 1.29 is 9.72 Å². The van der Waals surface area contributed by atoms with Gasteiger partial charge in [0.2, 0.25) is 5.91 Å². The molecule has 2 aromatic rings. The van der Waals surface area contributed by atoms with Crippen LogP contribution in [0.4, 0.5) is 11.4 Å². The van der Waals surface area contributed by atoms with Crippen LogP contribution >= 0.6 is 0 Å². The summed E-state index contributed by atoms with van der Waals surface area (Å²) in [5.74, 6) is -0.713. The number of anilines is 1. The Balaban J connectivity index is 2.23. The van der Waals surface area contributed by atoms with Gasteiger partial charge in [0, 0.05) is 17.8 Å². The second-order valence-electron chi connectivity index (χ2n) is 3.91. The first kappa shape index (κ1) is 13.4. The monoisotopic (exact) mass is 273 g/mol. The molecular formula is C12H11N5O3. The number of hydrogen-bond donors (Lipinski definition) is 2. The fourth-order valence-electron chi connectivity index (χ4n) is 1.59. The van der Waals surface area contributed by atoms with Crippen molar-refractivity contribution >= 4 is 17.3 Å². The van der Waals surface area contributed by atoms with Crippen LogP contribution in [0.25, 0.3) is 0 Å². The minimum atomic E-state index is -0.713. The lowest BCUT2D eigenvalue weighted by Gasteiger charge is -2.07. The summed E-state index contributed by atoms with van der Waals surface area (Å²) in [4.78, 5) is 29.2. The molecule has 8 heteroatoms. The third-order valence-corrected chi connectivity index (χ3v) is 2.58. The molecule has 0 atom stereocenters. The van der Waals surface area contributed by atoms with Gasteiger partial charge in [-0.15, -0.1) is 0 Å². The third kappa shape index (κ3) is 3.05. The molecule has 0 bridgehead atoms. The van der Waals surface area contributed by atoms with Gasteiger partial charge in [0.15, 0.2) is 0 Å². The number of carbonyl (C=O) groups is 1. The Labute approximate surface area is 113 Å². The van der Waals surface area contributed by atoms with E-state index < -0.39 is 10.8 Å². The fraction of sp³-hybridized carbons (Fsp3) is 0.0833. The van der Waals surface area contributed by atoms with Crippen molar-refractivity contribution in [3.63, 3.8) is 0 Å². The molecule has 0 unspecified atom stereocenters. The first-order valence-electron chi connectivity index (χ1n) is 5.65. The number of hydrogen-bond acceptors (Lipinski definition) is 6. The van der Waals surface area contributed by atoms with Crippen molar-refractivity contribution in [2.45, 2.75) is 6.54 Å². The third-order valence-electron chi connectivity index (χ3n) is 2.58. The summed E-state index contributed by atoms with van der Waals surface area (Å²) >= 11 is 0. The second kappa shape index (κ2) is 5.74. The maximum Gasteiger partial charge on any atom is 0.293 e. The largest absolute Gasteiger partial charge is 0.374 e. The van der Waals surface area contributed by atoms with Crippen LogP contribution in [0.5, 0.6) is 0 Å². The number of aromatic nitrogens is 2. The number of nitro groups is 1. The van der Waals surface area contributed by atoms with Gasteiger partial charge < -0.3 is 11.1 Å². The summed E-state index contributed by atoms with van der Waals surface area (Å²) in [5.41, 5.74) is 5.95. The Morgan fingerprint density at radius 2 is 2.20 bits per heavy atom. The van der Waals surface area contributed by atoms with Crippen LogP contribution in [0.3, 0.4) is 0 Å². The summed E-state index contributed by atoms with van der Waals surface area (Å²) in [5, 5.41) is 13.9. The summed E-state index contributed by atoms with van der Waals surface area (Å²) in [6.07, 6.45) is 2.97. The number of nitro benzene ring substituents is 1. The predicted octanol–water partition coefficient (Wildman–Crippen LogP) is 1.10. The molecule has 0 saturated carbocycles. The van der Waals surface area contributed by atoms with E-state index in [0.717, 1.165) is 6.07 Å². The Kier molecular flexibility index (Phi) is 3.85. The molecule has 2 rings (SSSR count). The van der Waals surface area contributed by atoms with Crippen molar-refractivity contribution in [1.82, 2.24) is 9.97 Å². The molecule has 0 spiro atoms. The van der Waals surface area contributed by atoms with Gasteiger partial charge in [0.1, 0.15) is 12.0 Å². The highest BCUT2D eigenvalue weighted by Crippen LogP contribution is 2.25. The van der Waals surface area contributed by atoms with Gasteiger partial charge >= 0.3 is 0 Å². The first-order chi connectivity index (χ1) is 9.58. The van der Waals surface area contributed by atoms with Crippen LogP contribution in [0.15, 0.2) is 36.8 Å². The fourth-order valence-corrected chi connectivity index (χ4v) is 1.59. The van der Waals surface area contributed by atoms with Gasteiger partial charge in [0.25, 0.3) is 5.69 Å². The Morgan fingerprint density at radius 1 is 1.40 bits per heavy atom. The summed E-state index contributed by atoms with van der Waals surface area (Å²) in [6.45, 7) is 0.305. The molecule has 1 heterocycles. The molecule has 0 aliphatic rings. The highest BCUT2D eigenvalue weighted by Gasteiger charge is 2.16. The molecule has 20 heavy (non-hydrogen) atoms. The average Bonchev–Trinajstić information content (AvgIpc) is 2.45. The number of nitrogens with zero attached hydrogens (tertiary/aromatic N) is 3. The van der Waals surface area contributed by atoms with E-state index in [1.165, 1.54) is 18.5 Å². The van der Waals surface area contributed by atoms with Gasteiger partial charge in [-0.05, 0) is 18.2 Å². The quantitative estimate of drug-likeness (QED) is 0.620. The molecular weight excluding hydrogens is 262 g/mol. The van der Waals surface area contributed by atoms with Crippen molar-refractivity contribution in [3.05, 3.63) is 58.2 Å². The van der Waals surface area contributed by atoms with E-state index in [2.05, 4.69) is 15.3 Å². The minimum Gasteiger partial charge on any atom is -0.374 e. The number of amides is 1. The molecule has 0 aliphatic carbocycles. The number of rotatable bonds is 5. The smallest absolute Gasteiger partial charge is 0.293 e. The zero-order valence-electron chi connectivity index (χ0n) is 10.3. The topological polar surface area (TPSA) is 124 Å². The number of benzene rings is 1. The van der Waals surface area contributed by atoms with Gasteiger partial charge in [-0.1, -0.05) is 0 Å². The van der Waals surface area contributed by atoms with Crippen LogP contribution in [0.2, 0.25) is 0 Å². The van der Waals surface area contributed by atoms with Crippen molar-refractivity contribution in [1.29, 1.82) is 0 Å². The highest BCUT2D eigenvalue weighted by atomic mass is 16.6. The van der Waals surface area contributed by atoms with E-state index in [4.69, 9.17) is 5.73 Å². The minimum absolute atomic E-state index is 0.0873. The standard InChI is InChI=1S/C12H11N5O3/c13-12(18)8-1-2-10(11(5-8)17(19)20)15-6-9-3-4-14-7-16-9/h1-5,7,15H,6H2,(H2,13,18). The molecule has 3 N–H and O–H groups in total. The molecule has 1 amide bonds. The van der Waals surface area contributed by atoms with Crippen LogP contribution < -0.4 is 11.1 Å². The lowest BCUT2D eigenvalue weighted by Crippen LogP contribution is -2.12. The summed E-state index contributed by atoms with van der Waals surface area (Å²) in [7, 11) is 0. The molecule has 0 fully saturated rings. The number of nitrogens with two attached hydrogens (primary N) is 1. The molecule has 0 radical (unpaired) electrons. The van der Waals surface area contributed by atoms with Crippen LogP contribution in [-0.4, -0.2) is 20.8 Å². The average molecular weight is 273 g/mol. The van der Waals surface area contributed by atoms with E-state index in [1.54, 1.807) is 12.3 Å². The van der Waals surface area contributed by atoms with Crippen LogP contribution in [-0.2, 0) is 6.54 Å². The Hall–Kier alpha value is -3.03. The van der Waals surface area contributed by atoms with Gasteiger partial charge in [-0.25, -0.2) is 9.97 Å². The first-order valence-corrected chi connectivity index (χ1v) is 5.65. The highest BCUT2D eigenvalue weighted by molar-refractivity contribution is 5.94. The van der Waals surface area contributed by atoms with E-state index in [-0.39, 0.29) is 11.3 Å². The van der Waals surface area contributed by atoms with Gasteiger partial charge in [-0.2, -0.15) is 0 Å². The van der Waals surface area contributed by atoms with E-state index >= 15 is 0 Å². The Bertz CT molecular complexity index is 645. The Morgan fingerprint density at radius 3 is 2.80 bits per heavy atom. The van der Waals surface area contributed by atoms with Crippen molar-refractivity contribution in [2.24, 2.45) is 5.73 Å². The SMILES string of the molecule is NC(=O)c1ccc(NCc2ccncn2)c([N+](=O)[O-])c1. The molecule has 1 aromatic carbocycles. The van der Waals surface area contributed by atoms with E-state index in [1.807, 2.05) is 0 Å². The van der Waals surface area contributed by atoms with Gasteiger partial charge in [0.05, 0.1) is 17.2 Å². The van der Waals surface area contributed by atoms with Gasteiger partial charge in [-0.3, -0.25) is 14.9 Å². The molecule has 102 valence electrons. The van der Waals surface area contributed by atoms with Crippen molar-refractivity contribution in [3.8, 4) is 0 Å². The van der Waals surface area contributed by atoms with E-state index in [0.29, 0.717) is 17.9 Å². The zero-order chi connectivity index (χ0) is 14.5. The van der Waals surface area contributed by atoms with Crippen LogP contribution in [0, 0.1) is 10.1 Å². The maximum absolute atomic E-state index is 11.0. The normalized spacial score (nSPS) is 10.0. The molecule has 0 aliphatic heterocycles. The van der Waals surface area contributed by atoms with Crippen molar-refractivity contribution in [2.75, 3.05) is 5.32 Å². The number of nitrogens with one attached hydrogen (secondary N) is 1. The van der Waals surface area contributed by atoms with E-state index in [9.17, 15) is 14.9 Å². The maximum atomic E-state index is 11.0. The second-order valence-corrected chi connectivity index (χ2v) is 3.91. The predicted molar refractivity (Wildman–Crippen MR) is 71.0 cm³/mol. The number of carbonyl (C=O) groups excluding carboxylic acids is 1. The van der Waals surface area contributed by atoms with Crippen LogP contribution in [0.1, 0.15) is 16.1 Å². The molecule has 8 nitrogen and oxygen atoms in total. The number of primary amides is 1. The lowest BCUT2D eigenvalue weighted by molar-refractivity contribution is -0.384. The summed E-state index contributed by atoms with van der Waals surface area (Å²) in [6, 6.07) is 5.71. The molecule has 1 aromatic heterocycles. The lowest BCUT2D eigenvalue weighted by atomic mass is 10.1. The zero-order valence-corrected chi connectivity index (χ0v) is 10.3. The molecule has 0 saturated heterocycles.